The first-order chi connectivity index (χ1) is 14.4. The summed E-state index contributed by atoms with van der Waals surface area (Å²) in [5.41, 5.74) is 0. The molecule has 0 aliphatic carbocycles. The summed E-state index contributed by atoms with van der Waals surface area (Å²) < 4.78 is 28.0. The van der Waals surface area contributed by atoms with Crippen LogP contribution < -0.4 is 10.6 Å². The largest absolute Gasteiger partial charge is 0.461 e. The second kappa shape index (κ2) is 10.6. The molecule has 10 nitrogen and oxygen atoms in total. The number of aliphatic imine (C=N–C) groups is 1. The van der Waals surface area contributed by atoms with Gasteiger partial charge >= 0.3 is 0 Å². The Balaban J connectivity index is 1.45. The number of furan rings is 1. The van der Waals surface area contributed by atoms with Crippen LogP contribution >= 0.6 is 0 Å². The van der Waals surface area contributed by atoms with E-state index in [1.54, 1.807) is 12.3 Å². The molecule has 11 heteroatoms. The molecule has 2 aromatic rings. The van der Waals surface area contributed by atoms with Gasteiger partial charge in [-0.3, -0.25) is 10.1 Å². The van der Waals surface area contributed by atoms with Gasteiger partial charge in [0.1, 0.15) is 15.7 Å². The summed E-state index contributed by atoms with van der Waals surface area (Å²) in [5.74, 6) is 2.96. The quantitative estimate of drug-likeness (QED) is 0.386. The molecule has 166 valence electrons. The number of nitrogens with one attached hydrogen (secondary N) is 3. The highest BCUT2D eigenvalue weighted by Gasteiger charge is 2.20. The number of nitrogens with zero attached hydrogens (tertiary/aromatic N) is 4. The Bertz CT molecular complexity index is 900. The van der Waals surface area contributed by atoms with Crippen molar-refractivity contribution in [3.05, 3.63) is 24.2 Å². The number of aromatic amines is 1. The highest BCUT2D eigenvalue weighted by Crippen LogP contribution is 2.14. The minimum Gasteiger partial charge on any atom is -0.461 e. The molecule has 1 saturated heterocycles. The fourth-order valence-corrected chi connectivity index (χ4v) is 3.90. The van der Waals surface area contributed by atoms with Gasteiger partial charge in [0.05, 0.1) is 12.0 Å². The Morgan fingerprint density at radius 3 is 2.87 bits per heavy atom. The molecular formula is C19H31N7O3S. The molecule has 30 heavy (non-hydrogen) atoms. The van der Waals surface area contributed by atoms with E-state index in [2.05, 4.69) is 35.7 Å². The molecular weight excluding hydrogens is 406 g/mol. The van der Waals surface area contributed by atoms with E-state index in [-0.39, 0.29) is 5.75 Å². The van der Waals surface area contributed by atoms with E-state index in [0.29, 0.717) is 37.1 Å². The van der Waals surface area contributed by atoms with Crippen molar-refractivity contribution in [3.63, 3.8) is 0 Å². The summed E-state index contributed by atoms with van der Waals surface area (Å²) in [6.07, 6.45) is 5.46. The van der Waals surface area contributed by atoms with Gasteiger partial charge in [0.15, 0.2) is 11.7 Å². The van der Waals surface area contributed by atoms with Crippen LogP contribution in [0.15, 0.2) is 27.8 Å². The van der Waals surface area contributed by atoms with Gasteiger partial charge in [0.25, 0.3) is 0 Å². The molecule has 0 unspecified atom stereocenters. The Morgan fingerprint density at radius 1 is 1.40 bits per heavy atom. The highest BCUT2D eigenvalue weighted by atomic mass is 32.2. The zero-order valence-corrected chi connectivity index (χ0v) is 18.4. The van der Waals surface area contributed by atoms with E-state index in [1.165, 1.54) is 6.26 Å². The van der Waals surface area contributed by atoms with Gasteiger partial charge in [0, 0.05) is 51.4 Å². The third kappa shape index (κ3) is 7.13. The second-order valence-electron chi connectivity index (χ2n) is 7.48. The third-order valence-electron chi connectivity index (χ3n) is 4.94. The van der Waals surface area contributed by atoms with Crippen LogP contribution in [0.25, 0.3) is 11.6 Å². The maximum absolute atomic E-state index is 11.3. The lowest BCUT2D eigenvalue weighted by molar-refractivity contribution is 0.216. The van der Waals surface area contributed by atoms with E-state index in [4.69, 9.17) is 4.42 Å². The van der Waals surface area contributed by atoms with Gasteiger partial charge in [-0.2, -0.15) is 5.10 Å². The summed E-state index contributed by atoms with van der Waals surface area (Å²) in [4.78, 5) is 11.3. The van der Waals surface area contributed by atoms with Crippen molar-refractivity contribution in [1.29, 1.82) is 0 Å². The Hall–Kier alpha value is -2.40. The first kappa shape index (κ1) is 22.3. The van der Waals surface area contributed by atoms with Crippen molar-refractivity contribution in [3.8, 4) is 11.6 Å². The number of aromatic nitrogens is 3. The van der Waals surface area contributed by atoms with Gasteiger partial charge < -0.3 is 20.0 Å². The molecule has 0 atom stereocenters. The molecule has 0 radical (unpaired) electrons. The number of rotatable bonds is 9. The van der Waals surface area contributed by atoms with Crippen LogP contribution in [-0.4, -0.2) is 85.2 Å². The first-order valence-corrected chi connectivity index (χ1v) is 12.4. The third-order valence-corrected chi connectivity index (χ3v) is 5.87. The lowest BCUT2D eigenvalue weighted by Crippen LogP contribution is -2.49. The van der Waals surface area contributed by atoms with Gasteiger partial charge in [-0.1, -0.05) is 0 Å². The molecule has 1 aliphatic heterocycles. The van der Waals surface area contributed by atoms with E-state index in [9.17, 15) is 8.42 Å². The Labute approximate surface area is 177 Å². The van der Waals surface area contributed by atoms with Gasteiger partial charge in [-0.15, -0.1) is 0 Å². The number of sulfone groups is 1. The standard InChI is InChI=1S/C19H31N7O3S/c1-3-20-19(22-15-7-10-26(11-8-15)12-14-30(2,27)28)21-9-6-17-23-18(25-24-17)16-5-4-13-29-16/h4-5,13,15H,3,6-12,14H2,1-2H3,(H2,20,21,22)(H,23,24,25). The van der Waals surface area contributed by atoms with Gasteiger partial charge in [0.2, 0.25) is 5.82 Å². The van der Waals surface area contributed by atoms with E-state index < -0.39 is 9.84 Å². The lowest BCUT2D eigenvalue weighted by Gasteiger charge is -2.32. The summed E-state index contributed by atoms with van der Waals surface area (Å²) in [6, 6.07) is 3.96. The molecule has 3 N–H and O–H groups in total. The van der Waals surface area contributed by atoms with Crippen molar-refractivity contribution in [2.75, 3.05) is 44.7 Å². The SMILES string of the molecule is CCNC(=NCCc1nc(-c2ccco2)n[nH]1)NC1CCN(CCS(C)(=O)=O)CC1. The average molecular weight is 438 g/mol. The fraction of sp³-hybridized carbons (Fsp3) is 0.632. The van der Waals surface area contributed by atoms with Crippen LogP contribution in [0.5, 0.6) is 0 Å². The van der Waals surface area contributed by atoms with E-state index >= 15 is 0 Å². The molecule has 0 aromatic carbocycles. The van der Waals surface area contributed by atoms with Crippen LogP contribution in [0, 0.1) is 0 Å². The van der Waals surface area contributed by atoms with Crippen molar-refractivity contribution < 1.29 is 12.8 Å². The zero-order valence-electron chi connectivity index (χ0n) is 17.6. The summed E-state index contributed by atoms with van der Waals surface area (Å²) >= 11 is 0. The van der Waals surface area contributed by atoms with Crippen LogP contribution in [-0.2, 0) is 16.3 Å². The van der Waals surface area contributed by atoms with Crippen molar-refractivity contribution in [2.24, 2.45) is 4.99 Å². The summed E-state index contributed by atoms with van der Waals surface area (Å²) in [6.45, 7) is 5.79. The van der Waals surface area contributed by atoms with Crippen molar-refractivity contribution in [1.82, 2.24) is 30.7 Å². The normalized spacial score (nSPS) is 16.7. The van der Waals surface area contributed by atoms with Crippen LogP contribution in [0.4, 0.5) is 0 Å². The fourth-order valence-electron chi connectivity index (χ4n) is 3.31. The Kier molecular flexibility index (Phi) is 7.86. The molecule has 3 rings (SSSR count). The van der Waals surface area contributed by atoms with Crippen molar-refractivity contribution >= 4 is 15.8 Å². The number of likely N-dealkylation sites (tertiary alicyclic amines) is 1. The van der Waals surface area contributed by atoms with E-state index in [0.717, 1.165) is 44.3 Å². The topological polar surface area (TPSA) is 129 Å². The minimum atomic E-state index is -2.91. The first-order valence-electron chi connectivity index (χ1n) is 10.3. The predicted octanol–water partition coefficient (Wildman–Crippen LogP) is 0.671. The van der Waals surface area contributed by atoms with Crippen molar-refractivity contribution in [2.45, 2.75) is 32.2 Å². The maximum atomic E-state index is 11.3. The monoisotopic (exact) mass is 437 g/mol. The maximum Gasteiger partial charge on any atom is 0.216 e. The molecule has 2 aromatic heterocycles. The van der Waals surface area contributed by atoms with E-state index in [1.807, 2.05) is 13.0 Å². The van der Waals surface area contributed by atoms with Crippen LogP contribution in [0.3, 0.4) is 0 Å². The lowest BCUT2D eigenvalue weighted by atomic mass is 10.1. The molecule has 1 fully saturated rings. The number of hydrogen-bond acceptors (Lipinski definition) is 7. The Morgan fingerprint density at radius 2 is 2.20 bits per heavy atom. The zero-order chi connectivity index (χ0) is 21.4. The molecule has 0 spiro atoms. The molecule has 1 aliphatic rings. The van der Waals surface area contributed by atoms with Gasteiger partial charge in [-0.05, 0) is 31.9 Å². The molecule has 0 amide bonds. The minimum absolute atomic E-state index is 0.221. The van der Waals surface area contributed by atoms with Crippen LogP contribution in [0.2, 0.25) is 0 Å². The molecule has 0 saturated carbocycles. The second-order valence-corrected chi connectivity index (χ2v) is 9.74. The summed E-state index contributed by atoms with van der Waals surface area (Å²) in [7, 11) is -2.91. The number of guanidine groups is 1. The summed E-state index contributed by atoms with van der Waals surface area (Å²) in [5, 5.41) is 13.9. The van der Waals surface area contributed by atoms with Crippen LogP contribution in [0.1, 0.15) is 25.6 Å². The average Bonchev–Trinajstić information content (AvgIpc) is 3.39. The smallest absolute Gasteiger partial charge is 0.216 e. The number of hydrogen-bond donors (Lipinski definition) is 3. The number of H-pyrrole nitrogens is 1. The molecule has 0 bridgehead atoms. The molecule has 3 heterocycles. The number of piperidine rings is 1. The van der Waals surface area contributed by atoms with Gasteiger partial charge in [-0.25, -0.2) is 13.4 Å². The predicted molar refractivity (Wildman–Crippen MR) is 116 cm³/mol. The highest BCUT2D eigenvalue weighted by molar-refractivity contribution is 7.90.